The largest absolute Gasteiger partial charge is 0.352 e. The van der Waals surface area contributed by atoms with E-state index in [1.54, 1.807) is 0 Å². The summed E-state index contributed by atoms with van der Waals surface area (Å²) in [5.41, 5.74) is 0. The molecule has 0 spiro atoms. The zero-order valence-corrected chi connectivity index (χ0v) is 13.4. The van der Waals surface area contributed by atoms with Crippen LogP contribution in [0.5, 0.6) is 0 Å². The molecule has 0 unspecified atom stereocenters. The second kappa shape index (κ2) is 7.59. The van der Waals surface area contributed by atoms with Gasteiger partial charge in [0, 0.05) is 19.1 Å². The number of nitrogens with zero attached hydrogens (tertiary/aromatic N) is 1. The molecule has 1 atom stereocenters. The molecular weight excluding hydrogens is 302 g/mol. The molecule has 2 aliphatic heterocycles. The monoisotopic (exact) mass is 325 g/mol. The van der Waals surface area contributed by atoms with E-state index >= 15 is 0 Å². The molecule has 2 heterocycles. The third kappa shape index (κ3) is 4.87. The average Bonchev–Trinajstić information content (AvgIpc) is 2.39. The normalized spacial score (nSPS) is 25.8. The fourth-order valence-electron chi connectivity index (χ4n) is 2.71. The number of carbonyl (C=O) groups is 1. The molecule has 2 aliphatic rings. The highest BCUT2D eigenvalue weighted by Crippen LogP contribution is 2.14. The lowest BCUT2D eigenvalue weighted by molar-refractivity contribution is -0.124. The number of hydrogen-bond acceptors (Lipinski definition) is 4. The summed E-state index contributed by atoms with van der Waals surface area (Å²) in [4.78, 5) is 12.0. The van der Waals surface area contributed by atoms with Gasteiger partial charge in [-0.2, -0.15) is 0 Å². The van der Waals surface area contributed by atoms with Crippen molar-refractivity contribution in [1.82, 2.24) is 14.9 Å². The Morgan fingerprint density at radius 1 is 1.20 bits per heavy atom. The highest BCUT2D eigenvalue weighted by Gasteiger charge is 2.28. The van der Waals surface area contributed by atoms with Crippen LogP contribution in [0.4, 0.5) is 0 Å². The standard InChI is InChI=1S/C12H23N3O3S.ClH/c1-19(17,18)15-8-5-10(6-9-15)14-12(16)11-4-2-3-7-13-11;/h10-11,13H,2-9H2,1H3,(H,14,16);1H/t11-;/m0./s1. The van der Waals surface area contributed by atoms with Crippen LogP contribution in [0.15, 0.2) is 0 Å². The van der Waals surface area contributed by atoms with Crippen molar-refractivity contribution in [2.24, 2.45) is 0 Å². The maximum absolute atomic E-state index is 12.0. The van der Waals surface area contributed by atoms with Crippen molar-refractivity contribution in [3.8, 4) is 0 Å². The summed E-state index contributed by atoms with van der Waals surface area (Å²) in [5, 5.41) is 6.26. The third-order valence-electron chi connectivity index (χ3n) is 3.90. The molecule has 0 aromatic heterocycles. The Bertz CT molecular complexity index is 416. The maximum Gasteiger partial charge on any atom is 0.237 e. The third-order valence-corrected chi connectivity index (χ3v) is 5.20. The Morgan fingerprint density at radius 3 is 2.35 bits per heavy atom. The second-order valence-electron chi connectivity index (χ2n) is 5.45. The molecule has 0 saturated carbocycles. The zero-order valence-electron chi connectivity index (χ0n) is 11.8. The molecular formula is C12H24ClN3O3S. The lowest BCUT2D eigenvalue weighted by Crippen LogP contribution is -2.52. The molecule has 2 saturated heterocycles. The van der Waals surface area contributed by atoms with Gasteiger partial charge in [-0.3, -0.25) is 4.79 Å². The summed E-state index contributed by atoms with van der Waals surface area (Å²) >= 11 is 0. The molecule has 6 nitrogen and oxygen atoms in total. The Morgan fingerprint density at radius 2 is 1.85 bits per heavy atom. The van der Waals surface area contributed by atoms with Gasteiger partial charge in [0.2, 0.25) is 15.9 Å². The first-order valence-electron chi connectivity index (χ1n) is 6.96. The van der Waals surface area contributed by atoms with Crippen LogP contribution in [-0.4, -0.2) is 56.6 Å². The van der Waals surface area contributed by atoms with Gasteiger partial charge in [-0.1, -0.05) is 6.42 Å². The summed E-state index contributed by atoms with van der Waals surface area (Å²) in [6.45, 7) is 1.91. The molecule has 0 aromatic rings. The van der Waals surface area contributed by atoms with E-state index < -0.39 is 10.0 Å². The van der Waals surface area contributed by atoms with Crippen LogP contribution in [0.1, 0.15) is 32.1 Å². The van der Waals surface area contributed by atoms with Gasteiger partial charge in [0.15, 0.2) is 0 Å². The van der Waals surface area contributed by atoms with E-state index in [1.165, 1.54) is 10.6 Å². The van der Waals surface area contributed by atoms with E-state index in [1.807, 2.05) is 0 Å². The van der Waals surface area contributed by atoms with E-state index in [9.17, 15) is 13.2 Å². The van der Waals surface area contributed by atoms with Crippen molar-refractivity contribution < 1.29 is 13.2 Å². The lowest BCUT2D eigenvalue weighted by atomic mass is 10.0. The molecule has 2 rings (SSSR count). The number of piperidine rings is 2. The number of halogens is 1. The van der Waals surface area contributed by atoms with Crippen LogP contribution in [0.25, 0.3) is 0 Å². The Balaban J connectivity index is 0.00000200. The minimum Gasteiger partial charge on any atom is -0.352 e. The maximum atomic E-state index is 12.0. The smallest absolute Gasteiger partial charge is 0.237 e. The van der Waals surface area contributed by atoms with E-state index in [0.29, 0.717) is 25.9 Å². The van der Waals surface area contributed by atoms with Crippen LogP contribution in [0, 0.1) is 0 Å². The number of amides is 1. The molecule has 118 valence electrons. The van der Waals surface area contributed by atoms with E-state index in [4.69, 9.17) is 0 Å². The highest BCUT2D eigenvalue weighted by atomic mass is 35.5. The van der Waals surface area contributed by atoms with Crippen molar-refractivity contribution >= 4 is 28.3 Å². The minimum atomic E-state index is -3.09. The van der Waals surface area contributed by atoms with Crippen molar-refractivity contribution in [3.63, 3.8) is 0 Å². The van der Waals surface area contributed by atoms with Gasteiger partial charge in [-0.05, 0) is 32.2 Å². The summed E-state index contributed by atoms with van der Waals surface area (Å²) in [5.74, 6) is 0.0671. The summed E-state index contributed by atoms with van der Waals surface area (Å²) in [7, 11) is -3.09. The molecule has 1 amide bonds. The predicted octanol–water partition coefficient (Wildman–Crippen LogP) is 0.0905. The number of sulfonamides is 1. The van der Waals surface area contributed by atoms with E-state index in [2.05, 4.69) is 10.6 Å². The zero-order chi connectivity index (χ0) is 13.9. The van der Waals surface area contributed by atoms with Crippen molar-refractivity contribution in [1.29, 1.82) is 0 Å². The van der Waals surface area contributed by atoms with Crippen LogP contribution in [0.2, 0.25) is 0 Å². The molecule has 0 radical (unpaired) electrons. The first-order valence-corrected chi connectivity index (χ1v) is 8.80. The number of nitrogens with one attached hydrogen (secondary N) is 2. The topological polar surface area (TPSA) is 78.5 Å². The molecule has 2 N–H and O–H groups in total. The quantitative estimate of drug-likeness (QED) is 0.771. The van der Waals surface area contributed by atoms with Gasteiger partial charge >= 0.3 is 0 Å². The van der Waals surface area contributed by atoms with Gasteiger partial charge < -0.3 is 10.6 Å². The number of hydrogen-bond donors (Lipinski definition) is 2. The molecule has 20 heavy (non-hydrogen) atoms. The predicted molar refractivity (Wildman–Crippen MR) is 80.5 cm³/mol. The SMILES string of the molecule is CS(=O)(=O)N1CCC(NC(=O)[C@@H]2CCCCN2)CC1.Cl. The van der Waals surface area contributed by atoms with E-state index in [-0.39, 0.29) is 30.4 Å². The fourth-order valence-corrected chi connectivity index (χ4v) is 3.58. The first-order chi connectivity index (χ1) is 8.97. The van der Waals surface area contributed by atoms with Gasteiger partial charge in [-0.15, -0.1) is 12.4 Å². The number of rotatable bonds is 3. The van der Waals surface area contributed by atoms with Crippen molar-refractivity contribution in [3.05, 3.63) is 0 Å². The minimum absolute atomic E-state index is 0. The first kappa shape index (κ1) is 17.7. The van der Waals surface area contributed by atoms with Crippen molar-refractivity contribution in [2.45, 2.75) is 44.2 Å². The summed E-state index contributed by atoms with van der Waals surface area (Å²) in [6, 6.07) is 0.0379. The second-order valence-corrected chi connectivity index (χ2v) is 7.43. The van der Waals surface area contributed by atoms with Crippen LogP contribution < -0.4 is 10.6 Å². The number of carbonyl (C=O) groups excluding carboxylic acids is 1. The summed E-state index contributed by atoms with van der Waals surface area (Å²) in [6.07, 6.45) is 5.76. The van der Waals surface area contributed by atoms with Crippen LogP contribution >= 0.6 is 12.4 Å². The molecule has 2 fully saturated rings. The average molecular weight is 326 g/mol. The van der Waals surface area contributed by atoms with Gasteiger partial charge in [0.25, 0.3) is 0 Å². The molecule has 0 aliphatic carbocycles. The summed E-state index contributed by atoms with van der Waals surface area (Å²) < 4.78 is 24.3. The Labute approximate surface area is 127 Å². The molecule has 0 aromatic carbocycles. The molecule has 0 bridgehead atoms. The lowest BCUT2D eigenvalue weighted by Gasteiger charge is -2.32. The van der Waals surface area contributed by atoms with Crippen LogP contribution in [0.3, 0.4) is 0 Å². The Hall–Kier alpha value is -0.370. The van der Waals surface area contributed by atoms with E-state index in [0.717, 1.165) is 25.8 Å². The van der Waals surface area contributed by atoms with Crippen molar-refractivity contribution in [2.75, 3.05) is 25.9 Å². The Kier molecular flexibility index (Phi) is 6.71. The fraction of sp³-hybridized carbons (Fsp3) is 0.917. The molecule has 8 heteroatoms. The highest BCUT2D eigenvalue weighted by molar-refractivity contribution is 7.88. The van der Waals surface area contributed by atoms with Crippen LogP contribution in [-0.2, 0) is 14.8 Å². The van der Waals surface area contributed by atoms with Gasteiger partial charge in [0.1, 0.15) is 0 Å². The van der Waals surface area contributed by atoms with Gasteiger partial charge in [0.05, 0.1) is 12.3 Å². The van der Waals surface area contributed by atoms with Gasteiger partial charge in [-0.25, -0.2) is 12.7 Å².